The predicted octanol–water partition coefficient (Wildman–Crippen LogP) is 3.72. The van der Waals surface area contributed by atoms with Gasteiger partial charge in [0.05, 0.1) is 5.56 Å². The Morgan fingerprint density at radius 3 is 2.13 bits per heavy atom. The maximum Gasteiger partial charge on any atom is 0.416 e. The van der Waals surface area contributed by atoms with Gasteiger partial charge in [0.15, 0.2) is 0 Å². The van der Waals surface area contributed by atoms with Gasteiger partial charge in [-0.25, -0.2) is 0 Å². The number of alkyl halides is 3. The normalized spacial score (nSPS) is 12.2. The van der Waals surface area contributed by atoms with Gasteiger partial charge in [-0.2, -0.15) is 13.2 Å². The molecule has 0 radical (unpaired) electrons. The van der Waals surface area contributed by atoms with Crippen molar-refractivity contribution in [2.75, 3.05) is 5.73 Å². The first-order chi connectivity index (χ1) is 6.73. The summed E-state index contributed by atoms with van der Waals surface area (Å²) in [6, 6.07) is 2.22. The van der Waals surface area contributed by atoms with Gasteiger partial charge < -0.3 is 5.73 Å². The van der Waals surface area contributed by atoms with Crippen LogP contribution in [-0.4, -0.2) is 0 Å². The summed E-state index contributed by atoms with van der Waals surface area (Å²) in [5, 5.41) is 0. The summed E-state index contributed by atoms with van der Waals surface area (Å²) in [6.45, 7) is 5.24. The van der Waals surface area contributed by atoms with Crippen molar-refractivity contribution in [3.8, 4) is 0 Å². The van der Waals surface area contributed by atoms with Crippen molar-refractivity contribution >= 4 is 5.69 Å². The summed E-state index contributed by atoms with van der Waals surface area (Å²) < 4.78 is 37.5. The van der Waals surface area contributed by atoms with E-state index in [0.29, 0.717) is 16.8 Å². The molecule has 15 heavy (non-hydrogen) atoms. The Morgan fingerprint density at radius 2 is 1.73 bits per heavy atom. The topological polar surface area (TPSA) is 26.0 Å². The van der Waals surface area contributed by atoms with Gasteiger partial charge in [-0.15, -0.1) is 0 Å². The van der Waals surface area contributed by atoms with Gasteiger partial charge in [-0.1, -0.05) is 13.8 Å². The van der Waals surface area contributed by atoms with Gasteiger partial charge >= 0.3 is 6.18 Å². The second-order valence-corrected chi connectivity index (χ2v) is 3.95. The van der Waals surface area contributed by atoms with E-state index >= 15 is 0 Å². The summed E-state index contributed by atoms with van der Waals surface area (Å²) in [4.78, 5) is 0. The van der Waals surface area contributed by atoms with Crippen LogP contribution in [0.1, 0.15) is 36.5 Å². The van der Waals surface area contributed by atoms with Crippen molar-refractivity contribution in [2.24, 2.45) is 0 Å². The number of anilines is 1. The third-order valence-electron chi connectivity index (χ3n) is 2.37. The van der Waals surface area contributed by atoms with Crippen molar-refractivity contribution in [3.05, 3.63) is 28.8 Å². The van der Waals surface area contributed by atoms with Gasteiger partial charge in [0, 0.05) is 5.69 Å². The smallest absolute Gasteiger partial charge is 0.398 e. The first kappa shape index (κ1) is 11.9. The number of rotatable bonds is 1. The van der Waals surface area contributed by atoms with Crippen LogP contribution in [0.15, 0.2) is 12.1 Å². The molecule has 0 unspecified atom stereocenters. The summed E-state index contributed by atoms with van der Waals surface area (Å²) >= 11 is 0. The Hall–Kier alpha value is -1.19. The molecular weight excluding hydrogens is 203 g/mol. The highest BCUT2D eigenvalue weighted by molar-refractivity contribution is 5.56. The number of benzene rings is 1. The molecule has 2 N–H and O–H groups in total. The summed E-state index contributed by atoms with van der Waals surface area (Å²) in [6.07, 6.45) is -4.30. The summed E-state index contributed by atoms with van der Waals surface area (Å²) in [5.41, 5.74) is 6.60. The monoisotopic (exact) mass is 217 g/mol. The molecule has 0 atom stereocenters. The second-order valence-electron chi connectivity index (χ2n) is 3.95. The Labute approximate surface area is 87.1 Å². The van der Waals surface area contributed by atoms with Crippen molar-refractivity contribution in [1.29, 1.82) is 0 Å². The molecule has 1 nitrogen and oxygen atoms in total. The van der Waals surface area contributed by atoms with Crippen molar-refractivity contribution < 1.29 is 13.2 Å². The van der Waals surface area contributed by atoms with Crippen LogP contribution in [-0.2, 0) is 6.18 Å². The lowest BCUT2D eigenvalue weighted by Crippen LogP contribution is -2.09. The molecule has 1 rings (SSSR count). The number of aryl methyl sites for hydroxylation is 1. The molecular formula is C11H14F3N. The Balaban J connectivity index is 3.36. The lowest BCUT2D eigenvalue weighted by molar-refractivity contribution is -0.137. The molecule has 0 fully saturated rings. The van der Waals surface area contributed by atoms with Crippen LogP contribution in [0, 0.1) is 6.92 Å². The average Bonchev–Trinajstić information content (AvgIpc) is 2.06. The SMILES string of the molecule is Cc1cc(C(F)(F)F)cc(C(C)C)c1N. The average molecular weight is 217 g/mol. The molecule has 0 aliphatic heterocycles. The van der Waals surface area contributed by atoms with Crippen LogP contribution in [0.2, 0.25) is 0 Å². The number of nitrogen functional groups attached to an aromatic ring is 1. The molecule has 0 spiro atoms. The van der Waals surface area contributed by atoms with Crippen molar-refractivity contribution in [3.63, 3.8) is 0 Å². The highest BCUT2D eigenvalue weighted by Crippen LogP contribution is 2.35. The van der Waals surface area contributed by atoms with Crippen molar-refractivity contribution in [2.45, 2.75) is 32.9 Å². The predicted molar refractivity (Wildman–Crippen MR) is 54.7 cm³/mol. The zero-order valence-corrected chi connectivity index (χ0v) is 8.94. The lowest BCUT2D eigenvalue weighted by atomic mass is 9.95. The molecule has 0 saturated heterocycles. The van der Waals surface area contributed by atoms with E-state index in [9.17, 15) is 13.2 Å². The van der Waals surface area contributed by atoms with E-state index < -0.39 is 11.7 Å². The van der Waals surface area contributed by atoms with Crippen LogP contribution in [0.5, 0.6) is 0 Å². The van der Waals surface area contributed by atoms with E-state index in [4.69, 9.17) is 5.73 Å². The summed E-state index contributed by atoms with van der Waals surface area (Å²) in [7, 11) is 0. The van der Waals surface area contributed by atoms with Gasteiger partial charge in [-0.3, -0.25) is 0 Å². The fourth-order valence-corrected chi connectivity index (χ4v) is 1.47. The minimum atomic E-state index is -4.30. The Kier molecular flexibility index (Phi) is 2.98. The van der Waals surface area contributed by atoms with E-state index in [1.807, 2.05) is 13.8 Å². The number of hydrogen-bond acceptors (Lipinski definition) is 1. The highest BCUT2D eigenvalue weighted by atomic mass is 19.4. The van der Waals surface area contributed by atoms with Gasteiger partial charge in [0.1, 0.15) is 0 Å². The second kappa shape index (κ2) is 3.76. The zero-order valence-electron chi connectivity index (χ0n) is 8.94. The molecule has 0 bridgehead atoms. The molecule has 0 amide bonds. The highest BCUT2D eigenvalue weighted by Gasteiger charge is 2.31. The molecule has 0 aliphatic rings. The molecule has 0 saturated carbocycles. The van der Waals surface area contributed by atoms with E-state index in [0.717, 1.165) is 12.1 Å². The molecule has 1 aromatic carbocycles. The number of hydrogen-bond donors (Lipinski definition) is 1. The van der Waals surface area contributed by atoms with Crippen LogP contribution >= 0.6 is 0 Å². The minimum Gasteiger partial charge on any atom is -0.398 e. The number of nitrogens with two attached hydrogens (primary N) is 1. The maximum absolute atomic E-state index is 12.5. The van der Waals surface area contributed by atoms with Gasteiger partial charge in [0.2, 0.25) is 0 Å². The standard InChI is InChI=1S/C11H14F3N/c1-6(2)9-5-8(11(12,13)14)4-7(3)10(9)15/h4-6H,15H2,1-3H3. The first-order valence-electron chi connectivity index (χ1n) is 4.70. The Morgan fingerprint density at radius 1 is 1.20 bits per heavy atom. The Bertz CT molecular complexity index is 367. The molecule has 4 heteroatoms. The fourth-order valence-electron chi connectivity index (χ4n) is 1.47. The first-order valence-corrected chi connectivity index (χ1v) is 4.70. The minimum absolute atomic E-state index is 0.00833. The molecule has 0 heterocycles. The quantitative estimate of drug-likeness (QED) is 0.713. The van der Waals surface area contributed by atoms with Crippen LogP contribution in [0.4, 0.5) is 18.9 Å². The van der Waals surface area contributed by atoms with Crippen LogP contribution < -0.4 is 5.73 Å². The van der Waals surface area contributed by atoms with E-state index in [1.165, 1.54) is 0 Å². The lowest BCUT2D eigenvalue weighted by Gasteiger charge is -2.16. The summed E-state index contributed by atoms with van der Waals surface area (Å²) in [5.74, 6) is -0.00833. The van der Waals surface area contributed by atoms with E-state index in [2.05, 4.69) is 0 Å². The maximum atomic E-state index is 12.5. The van der Waals surface area contributed by atoms with Crippen LogP contribution in [0.3, 0.4) is 0 Å². The third kappa shape index (κ3) is 2.43. The van der Waals surface area contributed by atoms with Gasteiger partial charge in [-0.05, 0) is 36.1 Å². The molecule has 0 aliphatic carbocycles. The third-order valence-corrected chi connectivity index (χ3v) is 2.37. The largest absolute Gasteiger partial charge is 0.416 e. The number of halogens is 3. The van der Waals surface area contributed by atoms with Crippen LogP contribution in [0.25, 0.3) is 0 Å². The van der Waals surface area contributed by atoms with E-state index in [-0.39, 0.29) is 5.92 Å². The van der Waals surface area contributed by atoms with Gasteiger partial charge in [0.25, 0.3) is 0 Å². The van der Waals surface area contributed by atoms with E-state index in [1.54, 1.807) is 6.92 Å². The zero-order chi connectivity index (χ0) is 11.8. The molecule has 1 aromatic rings. The molecule has 84 valence electrons. The molecule has 0 aromatic heterocycles. The van der Waals surface area contributed by atoms with Crippen molar-refractivity contribution in [1.82, 2.24) is 0 Å². The fraction of sp³-hybridized carbons (Fsp3) is 0.455.